The first-order valence-electron chi connectivity index (χ1n) is 5.28. The van der Waals surface area contributed by atoms with Crippen LogP contribution in [0.15, 0.2) is 35.4 Å². The highest BCUT2D eigenvalue weighted by Crippen LogP contribution is 2.33. The fourth-order valence-corrected chi connectivity index (χ4v) is 2.18. The normalized spacial score (nSPS) is 20.9. The third-order valence-electron chi connectivity index (χ3n) is 2.94. The summed E-state index contributed by atoms with van der Waals surface area (Å²) < 4.78 is 5.14. The lowest BCUT2D eigenvalue weighted by Crippen LogP contribution is -2.02. The second-order valence-corrected chi connectivity index (χ2v) is 4.38. The van der Waals surface area contributed by atoms with Crippen molar-refractivity contribution in [2.45, 2.75) is 25.2 Å². The summed E-state index contributed by atoms with van der Waals surface area (Å²) in [6.07, 6.45) is 5.37. The maximum absolute atomic E-state index is 5.96. The molecule has 1 nitrogen and oxygen atoms in total. The number of hydrogen-bond donors (Lipinski definition) is 0. The van der Waals surface area contributed by atoms with Gasteiger partial charge in [0.25, 0.3) is 0 Å². The van der Waals surface area contributed by atoms with E-state index in [1.54, 1.807) is 7.11 Å². The van der Waals surface area contributed by atoms with E-state index in [9.17, 15) is 0 Å². The van der Waals surface area contributed by atoms with Gasteiger partial charge in [0.1, 0.15) is 5.75 Å². The van der Waals surface area contributed by atoms with E-state index in [0.717, 1.165) is 30.0 Å². The van der Waals surface area contributed by atoms with E-state index in [1.165, 1.54) is 5.56 Å². The standard InChI is InChI=1S/C13H15ClO/c1-15-13-8-4-11(5-9-13)10-2-6-12(14)7-3-10/h4-6,8-10H,2-3,7H2,1H3. The average Bonchev–Trinajstić information content (AvgIpc) is 2.30. The molecule has 0 saturated carbocycles. The van der Waals surface area contributed by atoms with Gasteiger partial charge in [-0.2, -0.15) is 0 Å². The highest BCUT2D eigenvalue weighted by atomic mass is 35.5. The zero-order chi connectivity index (χ0) is 10.7. The predicted molar refractivity (Wildman–Crippen MR) is 63.5 cm³/mol. The van der Waals surface area contributed by atoms with Crippen molar-refractivity contribution in [2.75, 3.05) is 7.11 Å². The summed E-state index contributed by atoms with van der Waals surface area (Å²) in [6.45, 7) is 0. The minimum absolute atomic E-state index is 0.624. The van der Waals surface area contributed by atoms with E-state index in [0.29, 0.717) is 5.92 Å². The number of methoxy groups -OCH3 is 1. The Morgan fingerprint density at radius 1 is 1.27 bits per heavy atom. The maximum Gasteiger partial charge on any atom is 0.118 e. The molecule has 1 aliphatic rings. The molecule has 2 rings (SSSR count). The average molecular weight is 223 g/mol. The van der Waals surface area contributed by atoms with Gasteiger partial charge < -0.3 is 4.74 Å². The molecule has 1 aliphatic carbocycles. The Morgan fingerprint density at radius 2 is 2.00 bits per heavy atom. The van der Waals surface area contributed by atoms with E-state index in [-0.39, 0.29) is 0 Å². The van der Waals surface area contributed by atoms with Crippen molar-refractivity contribution in [3.05, 3.63) is 40.9 Å². The molecule has 0 radical (unpaired) electrons. The highest BCUT2D eigenvalue weighted by molar-refractivity contribution is 6.29. The van der Waals surface area contributed by atoms with Gasteiger partial charge in [0.15, 0.2) is 0 Å². The molecule has 80 valence electrons. The number of rotatable bonds is 2. The summed E-state index contributed by atoms with van der Waals surface area (Å²) in [7, 11) is 1.69. The van der Waals surface area contributed by atoms with Crippen LogP contribution in [-0.4, -0.2) is 7.11 Å². The third-order valence-corrected chi connectivity index (χ3v) is 3.29. The molecule has 15 heavy (non-hydrogen) atoms. The zero-order valence-electron chi connectivity index (χ0n) is 8.87. The Morgan fingerprint density at radius 3 is 2.53 bits per heavy atom. The van der Waals surface area contributed by atoms with Gasteiger partial charge in [-0.25, -0.2) is 0 Å². The van der Waals surface area contributed by atoms with Crippen LogP contribution in [0.1, 0.15) is 30.7 Å². The topological polar surface area (TPSA) is 9.23 Å². The quantitative estimate of drug-likeness (QED) is 0.733. The summed E-state index contributed by atoms with van der Waals surface area (Å²) in [4.78, 5) is 0. The molecule has 1 atom stereocenters. The smallest absolute Gasteiger partial charge is 0.118 e. The summed E-state index contributed by atoms with van der Waals surface area (Å²) in [5, 5.41) is 1.01. The van der Waals surface area contributed by atoms with Gasteiger partial charge in [-0.05, 0) is 42.9 Å². The minimum atomic E-state index is 0.624. The van der Waals surface area contributed by atoms with E-state index in [2.05, 4.69) is 18.2 Å². The van der Waals surface area contributed by atoms with E-state index < -0.39 is 0 Å². The lowest BCUT2D eigenvalue weighted by atomic mass is 9.88. The summed E-state index contributed by atoms with van der Waals surface area (Å²) in [5.41, 5.74) is 1.39. The van der Waals surface area contributed by atoms with Crippen LogP contribution >= 0.6 is 11.6 Å². The molecule has 0 aromatic heterocycles. The van der Waals surface area contributed by atoms with Gasteiger partial charge in [-0.1, -0.05) is 29.8 Å². The first kappa shape index (κ1) is 10.6. The summed E-state index contributed by atoms with van der Waals surface area (Å²) in [6, 6.07) is 8.34. The van der Waals surface area contributed by atoms with Crippen molar-refractivity contribution in [3.8, 4) is 5.75 Å². The van der Waals surface area contributed by atoms with Crippen LogP contribution in [0, 0.1) is 0 Å². The van der Waals surface area contributed by atoms with Crippen molar-refractivity contribution in [1.29, 1.82) is 0 Å². The molecule has 0 amide bonds. The Bertz CT molecular complexity index is 353. The van der Waals surface area contributed by atoms with E-state index >= 15 is 0 Å². The second kappa shape index (κ2) is 4.71. The Kier molecular flexibility index (Phi) is 3.32. The molecule has 0 heterocycles. The van der Waals surface area contributed by atoms with Gasteiger partial charge >= 0.3 is 0 Å². The van der Waals surface area contributed by atoms with Crippen LogP contribution < -0.4 is 4.74 Å². The van der Waals surface area contributed by atoms with Crippen molar-refractivity contribution >= 4 is 11.6 Å². The molecule has 1 unspecified atom stereocenters. The van der Waals surface area contributed by atoms with Crippen LogP contribution in [0.25, 0.3) is 0 Å². The monoisotopic (exact) mass is 222 g/mol. The molecule has 0 aliphatic heterocycles. The fourth-order valence-electron chi connectivity index (χ4n) is 1.98. The Balaban J connectivity index is 2.10. The van der Waals surface area contributed by atoms with Crippen LogP contribution in [-0.2, 0) is 0 Å². The van der Waals surface area contributed by atoms with Crippen molar-refractivity contribution < 1.29 is 4.74 Å². The van der Waals surface area contributed by atoms with E-state index in [4.69, 9.17) is 16.3 Å². The molecular weight excluding hydrogens is 208 g/mol. The molecule has 0 spiro atoms. The highest BCUT2D eigenvalue weighted by Gasteiger charge is 2.15. The Hall–Kier alpha value is -0.950. The Labute approximate surface area is 95.7 Å². The zero-order valence-corrected chi connectivity index (χ0v) is 9.63. The largest absolute Gasteiger partial charge is 0.497 e. The first-order chi connectivity index (χ1) is 7.29. The van der Waals surface area contributed by atoms with Crippen molar-refractivity contribution in [3.63, 3.8) is 0 Å². The van der Waals surface area contributed by atoms with Crippen LogP contribution in [0.3, 0.4) is 0 Å². The lowest BCUT2D eigenvalue weighted by Gasteiger charge is -2.19. The molecule has 0 N–H and O–H groups in total. The van der Waals surface area contributed by atoms with Crippen molar-refractivity contribution in [2.24, 2.45) is 0 Å². The first-order valence-corrected chi connectivity index (χ1v) is 5.66. The molecule has 0 fully saturated rings. The van der Waals surface area contributed by atoms with Crippen LogP contribution in [0.2, 0.25) is 0 Å². The van der Waals surface area contributed by atoms with Crippen LogP contribution in [0.5, 0.6) is 5.75 Å². The molecule has 1 aromatic carbocycles. The molecule has 0 bridgehead atoms. The molecule has 2 heteroatoms. The fraction of sp³-hybridized carbons (Fsp3) is 0.385. The third kappa shape index (κ3) is 2.54. The minimum Gasteiger partial charge on any atom is -0.497 e. The lowest BCUT2D eigenvalue weighted by molar-refractivity contribution is 0.414. The number of benzene rings is 1. The number of halogens is 1. The van der Waals surface area contributed by atoms with Crippen molar-refractivity contribution in [1.82, 2.24) is 0 Å². The number of allylic oxidation sites excluding steroid dienone is 2. The van der Waals surface area contributed by atoms with Gasteiger partial charge in [0, 0.05) is 5.03 Å². The molecule has 1 aromatic rings. The van der Waals surface area contributed by atoms with Gasteiger partial charge in [0.2, 0.25) is 0 Å². The molecule has 0 saturated heterocycles. The van der Waals surface area contributed by atoms with Gasteiger partial charge in [-0.15, -0.1) is 0 Å². The van der Waals surface area contributed by atoms with E-state index in [1.807, 2.05) is 12.1 Å². The maximum atomic E-state index is 5.96. The van der Waals surface area contributed by atoms with Gasteiger partial charge in [0.05, 0.1) is 7.11 Å². The summed E-state index contributed by atoms with van der Waals surface area (Å²) >= 11 is 5.96. The second-order valence-electron chi connectivity index (χ2n) is 3.90. The predicted octanol–water partition coefficient (Wildman–Crippen LogP) is 4.09. The number of ether oxygens (including phenoxy) is 1. The van der Waals surface area contributed by atoms with Gasteiger partial charge in [-0.3, -0.25) is 0 Å². The number of hydrogen-bond acceptors (Lipinski definition) is 1. The van der Waals surface area contributed by atoms with Crippen LogP contribution in [0.4, 0.5) is 0 Å². The molecular formula is C13H15ClO. The summed E-state index contributed by atoms with van der Waals surface area (Å²) in [5.74, 6) is 1.54. The SMILES string of the molecule is COc1ccc(C2CC=C(Cl)CC2)cc1.